The number of imide groups is 2. The minimum absolute atomic E-state index is 0.107. The Bertz CT molecular complexity index is 657. The molecule has 2 fully saturated rings. The van der Waals surface area contributed by atoms with Crippen LogP contribution in [0.2, 0.25) is 0 Å². The Hall–Kier alpha value is -2.78. The quantitative estimate of drug-likeness (QED) is 0.228. The van der Waals surface area contributed by atoms with Gasteiger partial charge in [-0.3, -0.25) is 19.2 Å². The molecule has 0 N–H and O–H groups in total. The molecule has 190 valence electrons. The molecule has 0 atom stereocenters. The van der Waals surface area contributed by atoms with Crippen LogP contribution in [0, 0.1) is 0 Å². The number of unbranched alkanes of at least 4 members (excludes halogenated alkanes) is 11. The van der Waals surface area contributed by atoms with Crippen molar-refractivity contribution in [3.05, 3.63) is 0 Å². The highest BCUT2D eigenvalue weighted by molar-refractivity contribution is 6.02. The molecule has 2 aliphatic rings. The lowest BCUT2D eigenvalue weighted by molar-refractivity contribution is -0.197. The van der Waals surface area contributed by atoms with Crippen molar-refractivity contribution in [2.75, 3.05) is 0 Å². The van der Waals surface area contributed by atoms with Crippen molar-refractivity contribution in [1.29, 1.82) is 0 Å². The predicted molar refractivity (Wildman–Crippen MR) is 119 cm³/mol. The summed E-state index contributed by atoms with van der Waals surface area (Å²) in [6.45, 7) is 0. The zero-order valence-electron chi connectivity index (χ0n) is 19.9. The second-order valence-electron chi connectivity index (χ2n) is 8.83. The first-order valence-corrected chi connectivity index (χ1v) is 12.5. The van der Waals surface area contributed by atoms with Gasteiger partial charge in [0.25, 0.3) is 23.6 Å². The molecule has 0 bridgehead atoms. The highest BCUT2D eigenvalue weighted by Crippen LogP contribution is 2.16. The Balaban J connectivity index is 1.31. The Kier molecular flexibility index (Phi) is 12.3. The first-order chi connectivity index (χ1) is 16.4. The van der Waals surface area contributed by atoms with Crippen LogP contribution in [-0.2, 0) is 38.4 Å². The molecular formula is C24H36N2O8. The second-order valence-corrected chi connectivity index (χ2v) is 8.83. The Morgan fingerprint density at radius 2 is 0.706 bits per heavy atom. The molecule has 2 rings (SSSR count). The normalized spacial score (nSPS) is 16.0. The number of nitrogens with zero attached hydrogens (tertiary/aromatic N) is 2. The van der Waals surface area contributed by atoms with Gasteiger partial charge in [0.1, 0.15) is 0 Å². The van der Waals surface area contributed by atoms with Gasteiger partial charge >= 0.3 is 11.9 Å². The number of hydroxylamine groups is 4. The van der Waals surface area contributed by atoms with E-state index in [0.717, 1.165) is 51.4 Å². The Morgan fingerprint density at radius 3 is 0.971 bits per heavy atom. The molecule has 0 aromatic rings. The van der Waals surface area contributed by atoms with Crippen molar-refractivity contribution in [2.45, 2.75) is 116 Å². The summed E-state index contributed by atoms with van der Waals surface area (Å²) in [7, 11) is 0. The first-order valence-electron chi connectivity index (χ1n) is 12.5. The van der Waals surface area contributed by atoms with Gasteiger partial charge in [0.2, 0.25) is 0 Å². The smallest absolute Gasteiger partial charge is 0.330 e. The van der Waals surface area contributed by atoms with Gasteiger partial charge in [-0.25, -0.2) is 9.59 Å². The fourth-order valence-corrected chi connectivity index (χ4v) is 3.92. The molecule has 0 radical (unpaired) electrons. The number of hydrogen-bond donors (Lipinski definition) is 0. The molecule has 0 spiro atoms. The molecule has 10 nitrogen and oxygen atoms in total. The van der Waals surface area contributed by atoms with Crippen molar-refractivity contribution in [2.24, 2.45) is 0 Å². The first kappa shape index (κ1) is 27.5. The molecule has 0 aliphatic carbocycles. The molecule has 0 aromatic heterocycles. The lowest BCUT2D eigenvalue weighted by Gasteiger charge is -2.12. The van der Waals surface area contributed by atoms with Crippen molar-refractivity contribution in [3.63, 3.8) is 0 Å². The van der Waals surface area contributed by atoms with Gasteiger partial charge in [-0.1, -0.05) is 64.2 Å². The maximum absolute atomic E-state index is 11.7. The van der Waals surface area contributed by atoms with E-state index in [0.29, 0.717) is 23.0 Å². The third-order valence-corrected chi connectivity index (χ3v) is 5.91. The van der Waals surface area contributed by atoms with Crippen molar-refractivity contribution >= 4 is 35.6 Å². The van der Waals surface area contributed by atoms with Gasteiger partial charge in [0.15, 0.2) is 0 Å². The minimum atomic E-state index is -0.530. The summed E-state index contributed by atoms with van der Waals surface area (Å²) in [5.41, 5.74) is 0. The third-order valence-electron chi connectivity index (χ3n) is 5.91. The standard InChI is InChI=1S/C24H36N2O8/c27-19-15-16-20(28)25(19)33-23(31)13-11-9-7-5-3-1-2-4-6-8-10-12-14-24(32)34-26-21(29)17-18-22(26)30/h1-18H2. The topological polar surface area (TPSA) is 127 Å². The summed E-state index contributed by atoms with van der Waals surface area (Å²) in [5, 5.41) is 1.19. The van der Waals surface area contributed by atoms with E-state index >= 15 is 0 Å². The summed E-state index contributed by atoms with van der Waals surface area (Å²) in [6.07, 6.45) is 13.0. The predicted octanol–water partition coefficient (Wildman–Crippen LogP) is 3.66. The zero-order valence-corrected chi connectivity index (χ0v) is 19.9. The molecule has 2 aliphatic heterocycles. The van der Waals surface area contributed by atoms with E-state index in [4.69, 9.17) is 9.68 Å². The van der Waals surface area contributed by atoms with Crippen LogP contribution in [-0.4, -0.2) is 45.7 Å². The second kappa shape index (κ2) is 15.2. The number of carbonyl (C=O) groups is 6. The van der Waals surface area contributed by atoms with Crippen LogP contribution in [0.3, 0.4) is 0 Å². The van der Waals surface area contributed by atoms with Gasteiger partial charge in [0.05, 0.1) is 0 Å². The highest BCUT2D eigenvalue weighted by atomic mass is 16.7. The summed E-state index contributed by atoms with van der Waals surface area (Å²) in [4.78, 5) is 78.7. The molecule has 4 amide bonds. The van der Waals surface area contributed by atoms with E-state index in [1.54, 1.807) is 0 Å². The highest BCUT2D eigenvalue weighted by Gasteiger charge is 2.33. The summed E-state index contributed by atoms with van der Waals surface area (Å²) in [6, 6.07) is 0. The van der Waals surface area contributed by atoms with Crippen molar-refractivity contribution < 1.29 is 38.4 Å². The molecular weight excluding hydrogens is 444 g/mol. The largest absolute Gasteiger partial charge is 0.333 e. The van der Waals surface area contributed by atoms with Gasteiger partial charge in [-0.15, -0.1) is 10.1 Å². The maximum Gasteiger partial charge on any atom is 0.333 e. The number of rotatable bonds is 17. The van der Waals surface area contributed by atoms with Gasteiger partial charge in [-0.2, -0.15) is 0 Å². The van der Waals surface area contributed by atoms with Crippen LogP contribution in [0.5, 0.6) is 0 Å². The average molecular weight is 481 g/mol. The van der Waals surface area contributed by atoms with Crippen LogP contribution in [0.1, 0.15) is 116 Å². The third kappa shape index (κ3) is 10.0. The van der Waals surface area contributed by atoms with Crippen LogP contribution in [0.4, 0.5) is 0 Å². The van der Waals surface area contributed by atoms with Crippen LogP contribution >= 0.6 is 0 Å². The van der Waals surface area contributed by atoms with E-state index in [2.05, 4.69) is 0 Å². The van der Waals surface area contributed by atoms with E-state index in [-0.39, 0.29) is 38.5 Å². The SMILES string of the molecule is O=C(CCCCCCCCCCCCCCC(=O)ON1C(=O)CCC1=O)ON1C(=O)CCC1=O. The van der Waals surface area contributed by atoms with Crippen molar-refractivity contribution in [1.82, 2.24) is 10.1 Å². The van der Waals surface area contributed by atoms with E-state index < -0.39 is 35.6 Å². The summed E-state index contributed by atoms with van der Waals surface area (Å²) < 4.78 is 0. The number of hydrogen-bond acceptors (Lipinski definition) is 8. The van der Waals surface area contributed by atoms with Crippen molar-refractivity contribution in [3.8, 4) is 0 Å². The molecule has 2 saturated heterocycles. The summed E-state index contributed by atoms with van der Waals surface area (Å²) in [5.74, 6) is -2.86. The van der Waals surface area contributed by atoms with Crippen LogP contribution in [0.25, 0.3) is 0 Å². The molecule has 0 saturated carbocycles. The van der Waals surface area contributed by atoms with Gasteiger partial charge < -0.3 is 9.68 Å². The lowest BCUT2D eigenvalue weighted by Crippen LogP contribution is -2.31. The molecule has 2 heterocycles. The van der Waals surface area contributed by atoms with E-state index in [9.17, 15) is 28.8 Å². The fraction of sp³-hybridized carbons (Fsp3) is 0.750. The molecule has 10 heteroatoms. The lowest BCUT2D eigenvalue weighted by atomic mass is 10.0. The molecule has 0 unspecified atom stereocenters. The summed E-state index contributed by atoms with van der Waals surface area (Å²) >= 11 is 0. The fourth-order valence-electron chi connectivity index (χ4n) is 3.92. The number of amides is 4. The van der Waals surface area contributed by atoms with Crippen LogP contribution < -0.4 is 0 Å². The van der Waals surface area contributed by atoms with Gasteiger partial charge in [-0.05, 0) is 12.8 Å². The average Bonchev–Trinajstić information content (AvgIpc) is 3.29. The Morgan fingerprint density at radius 1 is 0.471 bits per heavy atom. The van der Waals surface area contributed by atoms with Crippen LogP contribution in [0.15, 0.2) is 0 Å². The number of carbonyl (C=O) groups excluding carboxylic acids is 6. The van der Waals surface area contributed by atoms with E-state index in [1.165, 1.54) is 12.8 Å². The minimum Gasteiger partial charge on any atom is -0.330 e. The molecule has 34 heavy (non-hydrogen) atoms. The maximum atomic E-state index is 11.7. The zero-order chi connectivity index (χ0) is 24.8. The van der Waals surface area contributed by atoms with E-state index in [1.807, 2.05) is 0 Å². The van der Waals surface area contributed by atoms with Gasteiger partial charge in [0, 0.05) is 38.5 Å². The monoisotopic (exact) mass is 480 g/mol. The Labute approximate surface area is 200 Å². The molecule has 0 aromatic carbocycles.